The number of hydrogen-bond acceptors (Lipinski definition) is 5. The fraction of sp³-hybridized carbons (Fsp3) is 0.250. The van der Waals surface area contributed by atoms with Crippen molar-refractivity contribution in [1.82, 2.24) is 19.0 Å². The number of phenolic OH excluding ortho intramolecular Hbond substituents is 1. The molecule has 1 fully saturated rings. The van der Waals surface area contributed by atoms with Gasteiger partial charge in [0.05, 0.1) is 39.4 Å². The number of rotatable bonds is 2. The number of nitrogens with one attached hydrogen (secondary N) is 1. The maximum Gasteiger partial charge on any atom is 0.252 e. The predicted molar refractivity (Wildman–Crippen MR) is 153 cm³/mol. The first kappa shape index (κ1) is 23.1. The molecule has 0 saturated carbocycles. The van der Waals surface area contributed by atoms with E-state index in [9.17, 15) is 19.8 Å². The summed E-state index contributed by atoms with van der Waals surface area (Å²) in [7, 11) is 0. The van der Waals surface area contributed by atoms with Crippen LogP contribution >= 0.6 is 0 Å². The number of carbonyl (C=O) groups is 2. The molecule has 6 heterocycles. The minimum atomic E-state index is -1.25. The van der Waals surface area contributed by atoms with Crippen molar-refractivity contribution < 1.29 is 24.5 Å². The van der Waals surface area contributed by atoms with Gasteiger partial charge in [-0.3, -0.25) is 9.59 Å². The lowest BCUT2D eigenvalue weighted by Gasteiger charge is -2.47. The molecule has 6 aromatic rings. The highest BCUT2D eigenvalue weighted by Crippen LogP contribution is 2.55. The molecule has 0 spiro atoms. The number of phenols is 1. The molecule has 3 aromatic heterocycles. The fourth-order valence-corrected chi connectivity index (χ4v) is 7.95. The topological polar surface area (TPSA) is 111 Å². The molecule has 204 valence electrons. The molecule has 9 nitrogen and oxygen atoms in total. The molecule has 0 radical (unpaired) electrons. The van der Waals surface area contributed by atoms with Crippen molar-refractivity contribution in [3.8, 4) is 5.75 Å². The van der Waals surface area contributed by atoms with E-state index in [0.29, 0.717) is 24.2 Å². The van der Waals surface area contributed by atoms with Gasteiger partial charge in [0.2, 0.25) is 0 Å². The van der Waals surface area contributed by atoms with Crippen LogP contribution in [0.15, 0.2) is 60.8 Å². The van der Waals surface area contributed by atoms with Crippen LogP contribution in [-0.2, 0) is 17.0 Å². The van der Waals surface area contributed by atoms with E-state index in [1.807, 2.05) is 54.1 Å². The SMILES string of the molecule is CC(=O)c1cccn1[C@@H]1C[C@H]2O[C@@](C)([C@@H]1O)n1c3ccc(O)cc3c3c4c(c5c6ccccc6n2c5c31)C(=O)NC4. The first-order valence-electron chi connectivity index (χ1n) is 13.9. The second kappa shape index (κ2) is 7.37. The van der Waals surface area contributed by atoms with Gasteiger partial charge in [-0.1, -0.05) is 18.2 Å². The van der Waals surface area contributed by atoms with E-state index in [1.54, 1.807) is 18.2 Å². The number of aliphatic hydroxyl groups is 1. The molecule has 0 aliphatic carbocycles. The van der Waals surface area contributed by atoms with Crippen molar-refractivity contribution >= 4 is 55.3 Å². The average molecular weight is 547 g/mol. The smallest absolute Gasteiger partial charge is 0.252 e. The third-order valence-electron chi connectivity index (χ3n) is 9.55. The predicted octanol–water partition coefficient (Wildman–Crippen LogP) is 5.06. The summed E-state index contributed by atoms with van der Waals surface area (Å²) in [5, 5.41) is 29.4. The number of nitrogens with zero attached hydrogens (tertiary/aromatic N) is 3. The molecular formula is C32H26N4O5. The van der Waals surface area contributed by atoms with Crippen molar-refractivity contribution in [2.45, 2.75) is 50.9 Å². The summed E-state index contributed by atoms with van der Waals surface area (Å²) in [6, 6.07) is 16.4. The van der Waals surface area contributed by atoms with Crippen LogP contribution < -0.4 is 5.32 Å². The van der Waals surface area contributed by atoms with E-state index in [4.69, 9.17) is 4.74 Å². The number of ether oxygens (including phenoxy) is 1. The van der Waals surface area contributed by atoms with Gasteiger partial charge in [-0.25, -0.2) is 0 Å². The molecule has 41 heavy (non-hydrogen) atoms. The summed E-state index contributed by atoms with van der Waals surface area (Å²) in [5.74, 6) is -0.0862. The number of benzene rings is 3. The van der Waals surface area contributed by atoms with Gasteiger partial charge in [0, 0.05) is 47.6 Å². The van der Waals surface area contributed by atoms with E-state index in [2.05, 4.69) is 14.5 Å². The Morgan fingerprint density at radius 1 is 1.05 bits per heavy atom. The summed E-state index contributed by atoms with van der Waals surface area (Å²) in [6.45, 7) is 3.80. The van der Waals surface area contributed by atoms with Gasteiger partial charge in [0.25, 0.3) is 5.91 Å². The normalized spacial score (nSPS) is 25.0. The highest BCUT2D eigenvalue weighted by atomic mass is 16.6. The van der Waals surface area contributed by atoms with Gasteiger partial charge in [-0.15, -0.1) is 0 Å². The number of para-hydroxylation sites is 1. The Bertz CT molecular complexity index is 2190. The second-order valence-corrected chi connectivity index (χ2v) is 11.6. The number of hydrogen-bond donors (Lipinski definition) is 3. The van der Waals surface area contributed by atoms with Gasteiger partial charge in [0.1, 0.15) is 18.1 Å². The fourth-order valence-electron chi connectivity index (χ4n) is 7.95. The lowest BCUT2D eigenvalue weighted by Crippen LogP contribution is -2.53. The Labute approximate surface area is 233 Å². The molecule has 1 amide bonds. The summed E-state index contributed by atoms with van der Waals surface area (Å²) < 4.78 is 13.1. The molecule has 3 aliphatic heterocycles. The molecule has 1 saturated heterocycles. The average Bonchev–Trinajstić information content (AvgIpc) is 3.71. The van der Waals surface area contributed by atoms with Crippen LogP contribution in [0.2, 0.25) is 0 Å². The number of Topliss-reactive ketones (excluding diaryl/α,β-unsaturated/α-hetero) is 1. The number of carbonyl (C=O) groups excluding carboxylic acids is 2. The highest BCUT2D eigenvalue weighted by Gasteiger charge is 2.53. The molecule has 9 rings (SSSR count). The Morgan fingerprint density at radius 2 is 1.88 bits per heavy atom. The summed E-state index contributed by atoms with van der Waals surface area (Å²) in [5.41, 5.74) is 4.24. The van der Waals surface area contributed by atoms with Gasteiger partial charge >= 0.3 is 0 Å². The number of aliphatic hydroxyl groups excluding tert-OH is 1. The Balaban J connectivity index is 1.52. The second-order valence-electron chi connectivity index (χ2n) is 11.6. The largest absolute Gasteiger partial charge is 0.508 e. The zero-order valence-corrected chi connectivity index (χ0v) is 22.4. The van der Waals surface area contributed by atoms with Crippen molar-refractivity contribution in [3.05, 3.63) is 77.6 Å². The van der Waals surface area contributed by atoms with Gasteiger partial charge in [-0.2, -0.15) is 0 Å². The van der Waals surface area contributed by atoms with Crippen LogP contribution in [0.1, 0.15) is 58.9 Å². The van der Waals surface area contributed by atoms with Crippen molar-refractivity contribution in [1.29, 1.82) is 0 Å². The molecule has 2 bridgehead atoms. The highest BCUT2D eigenvalue weighted by molar-refractivity contribution is 6.31. The number of aromatic hydroxyl groups is 1. The van der Waals surface area contributed by atoms with Crippen LogP contribution in [-0.4, -0.2) is 41.7 Å². The maximum atomic E-state index is 13.5. The minimum absolute atomic E-state index is 0.0781. The lowest BCUT2D eigenvalue weighted by atomic mass is 9.92. The van der Waals surface area contributed by atoms with Crippen molar-refractivity contribution in [2.75, 3.05) is 0 Å². The van der Waals surface area contributed by atoms with Gasteiger partial charge in [0.15, 0.2) is 11.5 Å². The van der Waals surface area contributed by atoms with E-state index >= 15 is 0 Å². The molecule has 4 atom stereocenters. The van der Waals surface area contributed by atoms with Crippen molar-refractivity contribution in [3.63, 3.8) is 0 Å². The molecule has 3 aliphatic rings. The lowest BCUT2D eigenvalue weighted by molar-refractivity contribution is -0.256. The number of amides is 1. The van der Waals surface area contributed by atoms with Crippen LogP contribution in [0, 0.1) is 0 Å². The molecule has 9 heteroatoms. The molecular weight excluding hydrogens is 520 g/mol. The Hall–Kier alpha value is -4.60. The van der Waals surface area contributed by atoms with Crippen molar-refractivity contribution in [2.24, 2.45) is 0 Å². The zero-order valence-electron chi connectivity index (χ0n) is 22.4. The molecule has 3 aromatic carbocycles. The number of aromatic nitrogens is 3. The van der Waals surface area contributed by atoms with Crippen LogP contribution in [0.3, 0.4) is 0 Å². The zero-order chi connectivity index (χ0) is 27.9. The van der Waals surface area contributed by atoms with Gasteiger partial charge < -0.3 is 34.0 Å². The number of fused-ring (bicyclic) bond motifs is 13. The number of ketones is 1. The quantitative estimate of drug-likeness (QED) is 0.263. The van der Waals surface area contributed by atoms with E-state index < -0.39 is 24.1 Å². The first-order chi connectivity index (χ1) is 19.8. The van der Waals surface area contributed by atoms with Crippen LogP contribution in [0.25, 0.3) is 43.6 Å². The third kappa shape index (κ3) is 2.59. The van der Waals surface area contributed by atoms with E-state index in [1.165, 1.54) is 6.92 Å². The summed E-state index contributed by atoms with van der Waals surface area (Å²) >= 11 is 0. The van der Waals surface area contributed by atoms with E-state index in [-0.39, 0.29) is 17.4 Å². The molecule has 3 N–H and O–H groups in total. The van der Waals surface area contributed by atoms with Crippen LogP contribution in [0.4, 0.5) is 0 Å². The standard InChI is InChI=1S/C32H26N4O5/c1-15(37)20-8-5-11-34(20)23-13-24-35-21-7-4-3-6-17(21)26-27-19(14-33-31(27)40)25-18-12-16(38)9-10-22(18)36(29(25)28(26)35)32(2,41-24)30(23)39/h3-12,23-24,30,38-39H,13-14H2,1-2H3,(H,33,40)/t23-,24-,30-,32+/m1/s1. The van der Waals surface area contributed by atoms with Crippen LogP contribution in [0.5, 0.6) is 5.75 Å². The maximum absolute atomic E-state index is 13.5. The summed E-state index contributed by atoms with van der Waals surface area (Å²) in [4.78, 5) is 26.1. The van der Waals surface area contributed by atoms with E-state index in [0.717, 1.165) is 49.2 Å². The Kier molecular flexibility index (Phi) is 4.16. The Morgan fingerprint density at radius 3 is 2.71 bits per heavy atom. The third-order valence-corrected chi connectivity index (χ3v) is 9.55. The molecule has 0 unspecified atom stereocenters. The summed E-state index contributed by atoms with van der Waals surface area (Å²) in [6.07, 6.45) is 0.724. The minimum Gasteiger partial charge on any atom is -0.508 e. The first-order valence-corrected chi connectivity index (χ1v) is 13.9. The van der Waals surface area contributed by atoms with Gasteiger partial charge in [-0.05, 0) is 48.9 Å². The monoisotopic (exact) mass is 546 g/mol.